The van der Waals surface area contributed by atoms with Crippen LogP contribution in [-0.2, 0) is 4.79 Å². The van der Waals surface area contributed by atoms with Crippen LogP contribution in [0.1, 0.15) is 29.9 Å². The minimum absolute atomic E-state index is 0. The van der Waals surface area contributed by atoms with Crippen molar-refractivity contribution in [3.8, 4) is 0 Å². The molecule has 0 aliphatic carbocycles. The van der Waals surface area contributed by atoms with Gasteiger partial charge in [-0.3, -0.25) is 4.79 Å². The summed E-state index contributed by atoms with van der Waals surface area (Å²) < 4.78 is 0. The molecule has 0 saturated carbocycles. The average molecular weight is 338 g/mol. The molecule has 0 bridgehead atoms. The van der Waals surface area contributed by atoms with Gasteiger partial charge < -0.3 is 15.1 Å². The first kappa shape index (κ1) is 18.2. The summed E-state index contributed by atoms with van der Waals surface area (Å²) in [6.45, 7) is 8.93. The fourth-order valence-electron chi connectivity index (χ4n) is 3.66. The SMILES string of the molecule is Cc1ccccc1C1CCN(CCC(=O)N2CCNCC2)C1.Cl. The summed E-state index contributed by atoms with van der Waals surface area (Å²) in [4.78, 5) is 16.7. The Bertz CT molecular complexity index is 517. The maximum atomic E-state index is 12.2. The summed E-state index contributed by atoms with van der Waals surface area (Å²) in [5, 5.41) is 3.29. The van der Waals surface area contributed by atoms with E-state index in [9.17, 15) is 4.79 Å². The Morgan fingerprint density at radius 2 is 1.96 bits per heavy atom. The highest BCUT2D eigenvalue weighted by atomic mass is 35.5. The van der Waals surface area contributed by atoms with Gasteiger partial charge in [-0.1, -0.05) is 24.3 Å². The van der Waals surface area contributed by atoms with Gasteiger partial charge in [-0.2, -0.15) is 0 Å². The van der Waals surface area contributed by atoms with E-state index in [1.54, 1.807) is 0 Å². The van der Waals surface area contributed by atoms with E-state index < -0.39 is 0 Å². The summed E-state index contributed by atoms with van der Waals surface area (Å²) in [5.41, 5.74) is 2.88. The first-order valence-electron chi connectivity index (χ1n) is 8.50. The highest BCUT2D eigenvalue weighted by Crippen LogP contribution is 2.29. The third-order valence-corrected chi connectivity index (χ3v) is 5.01. The number of nitrogens with zero attached hydrogens (tertiary/aromatic N) is 2. The van der Waals surface area contributed by atoms with Crippen LogP contribution in [0.4, 0.5) is 0 Å². The third kappa shape index (κ3) is 4.69. The van der Waals surface area contributed by atoms with Gasteiger partial charge in [-0.25, -0.2) is 0 Å². The Hall–Kier alpha value is -1.10. The normalized spacial score (nSPS) is 22.0. The number of aryl methyl sites for hydroxylation is 1. The second kappa shape index (κ2) is 8.67. The molecule has 2 fully saturated rings. The largest absolute Gasteiger partial charge is 0.340 e. The molecule has 23 heavy (non-hydrogen) atoms. The van der Waals surface area contributed by atoms with Gasteiger partial charge in [-0.05, 0) is 36.9 Å². The van der Waals surface area contributed by atoms with Gasteiger partial charge in [-0.15, -0.1) is 12.4 Å². The Labute approximate surface area is 145 Å². The van der Waals surface area contributed by atoms with Crippen molar-refractivity contribution in [3.05, 3.63) is 35.4 Å². The Balaban J connectivity index is 0.00000192. The van der Waals surface area contributed by atoms with Crippen molar-refractivity contribution < 1.29 is 4.79 Å². The summed E-state index contributed by atoms with van der Waals surface area (Å²) >= 11 is 0. The van der Waals surface area contributed by atoms with Crippen molar-refractivity contribution in [2.24, 2.45) is 0 Å². The van der Waals surface area contributed by atoms with E-state index in [2.05, 4.69) is 41.4 Å². The van der Waals surface area contributed by atoms with Gasteiger partial charge in [0.2, 0.25) is 5.91 Å². The lowest BCUT2D eigenvalue weighted by atomic mass is 9.94. The molecule has 2 aliphatic heterocycles. The molecular weight excluding hydrogens is 310 g/mol. The Morgan fingerprint density at radius 3 is 2.70 bits per heavy atom. The number of hydrogen-bond donors (Lipinski definition) is 1. The lowest BCUT2D eigenvalue weighted by Gasteiger charge is -2.28. The zero-order valence-corrected chi connectivity index (χ0v) is 14.8. The Morgan fingerprint density at radius 1 is 1.22 bits per heavy atom. The second-order valence-electron chi connectivity index (χ2n) is 6.52. The van der Waals surface area contributed by atoms with Gasteiger partial charge in [0, 0.05) is 45.7 Å². The van der Waals surface area contributed by atoms with E-state index in [1.165, 1.54) is 17.5 Å². The molecule has 0 radical (unpaired) electrons. The van der Waals surface area contributed by atoms with Gasteiger partial charge in [0.15, 0.2) is 0 Å². The molecule has 2 heterocycles. The predicted octanol–water partition coefficient (Wildman–Crippen LogP) is 2.03. The molecule has 1 aromatic rings. The molecule has 0 spiro atoms. The number of rotatable bonds is 4. The van der Waals surface area contributed by atoms with E-state index in [0.717, 1.165) is 45.8 Å². The number of halogens is 1. The number of benzene rings is 1. The Kier molecular flexibility index (Phi) is 6.88. The molecule has 5 heteroatoms. The number of nitrogens with one attached hydrogen (secondary N) is 1. The lowest BCUT2D eigenvalue weighted by molar-refractivity contribution is -0.132. The van der Waals surface area contributed by atoms with Crippen molar-refractivity contribution in [1.82, 2.24) is 15.1 Å². The summed E-state index contributed by atoms with van der Waals surface area (Å²) in [7, 11) is 0. The zero-order valence-electron chi connectivity index (χ0n) is 14.0. The van der Waals surface area contributed by atoms with Crippen LogP contribution in [-0.4, -0.2) is 61.5 Å². The van der Waals surface area contributed by atoms with Crippen molar-refractivity contribution in [2.75, 3.05) is 45.8 Å². The van der Waals surface area contributed by atoms with Gasteiger partial charge in [0.05, 0.1) is 0 Å². The first-order chi connectivity index (χ1) is 10.7. The third-order valence-electron chi connectivity index (χ3n) is 5.01. The second-order valence-corrected chi connectivity index (χ2v) is 6.52. The molecule has 1 unspecified atom stereocenters. The maximum Gasteiger partial charge on any atom is 0.223 e. The van der Waals surface area contributed by atoms with Crippen molar-refractivity contribution in [1.29, 1.82) is 0 Å². The molecule has 1 amide bonds. The van der Waals surface area contributed by atoms with Crippen LogP contribution in [0.5, 0.6) is 0 Å². The van der Waals surface area contributed by atoms with Gasteiger partial charge in [0.1, 0.15) is 0 Å². The summed E-state index contributed by atoms with van der Waals surface area (Å²) in [5.74, 6) is 0.955. The number of piperazine rings is 1. The average Bonchev–Trinajstić information content (AvgIpc) is 3.02. The van der Waals surface area contributed by atoms with Crippen molar-refractivity contribution >= 4 is 18.3 Å². The minimum atomic E-state index is 0. The lowest BCUT2D eigenvalue weighted by Crippen LogP contribution is -2.47. The predicted molar refractivity (Wildman–Crippen MR) is 96.3 cm³/mol. The zero-order chi connectivity index (χ0) is 15.4. The van der Waals surface area contributed by atoms with Crippen LogP contribution in [0, 0.1) is 6.92 Å². The van der Waals surface area contributed by atoms with Crippen LogP contribution in [0.3, 0.4) is 0 Å². The molecule has 1 aromatic carbocycles. The first-order valence-corrected chi connectivity index (χ1v) is 8.50. The van der Waals surface area contributed by atoms with Crippen LogP contribution in [0.2, 0.25) is 0 Å². The molecule has 0 aromatic heterocycles. The number of carbonyl (C=O) groups excluding carboxylic acids is 1. The maximum absolute atomic E-state index is 12.2. The molecule has 1 atom stereocenters. The molecular formula is C18H28ClN3O. The van der Waals surface area contributed by atoms with Crippen LogP contribution >= 0.6 is 12.4 Å². The van der Waals surface area contributed by atoms with Crippen LogP contribution < -0.4 is 5.32 Å². The molecule has 2 saturated heterocycles. The molecule has 4 nitrogen and oxygen atoms in total. The molecule has 2 aliphatic rings. The van der Waals surface area contributed by atoms with E-state index in [1.807, 2.05) is 4.90 Å². The van der Waals surface area contributed by atoms with Gasteiger partial charge in [0.25, 0.3) is 0 Å². The smallest absolute Gasteiger partial charge is 0.223 e. The highest BCUT2D eigenvalue weighted by Gasteiger charge is 2.25. The van der Waals surface area contributed by atoms with Crippen LogP contribution in [0.15, 0.2) is 24.3 Å². The summed E-state index contributed by atoms with van der Waals surface area (Å²) in [6.07, 6.45) is 1.88. The van der Waals surface area contributed by atoms with Crippen molar-refractivity contribution in [2.45, 2.75) is 25.7 Å². The standard InChI is InChI=1S/C18H27N3O.ClH/c1-15-4-2-3-5-17(15)16-6-10-20(14-16)11-7-18(22)21-12-8-19-9-13-21;/h2-5,16,19H,6-14H2,1H3;1H. The minimum Gasteiger partial charge on any atom is -0.340 e. The monoisotopic (exact) mass is 337 g/mol. The molecule has 3 rings (SSSR count). The number of likely N-dealkylation sites (tertiary alicyclic amines) is 1. The number of carbonyl (C=O) groups is 1. The fourth-order valence-corrected chi connectivity index (χ4v) is 3.66. The highest BCUT2D eigenvalue weighted by molar-refractivity contribution is 5.85. The molecule has 1 N–H and O–H groups in total. The summed E-state index contributed by atoms with van der Waals surface area (Å²) in [6, 6.07) is 8.71. The van der Waals surface area contributed by atoms with E-state index in [-0.39, 0.29) is 12.4 Å². The van der Waals surface area contributed by atoms with Gasteiger partial charge >= 0.3 is 0 Å². The van der Waals surface area contributed by atoms with E-state index in [0.29, 0.717) is 18.2 Å². The van der Waals surface area contributed by atoms with Crippen molar-refractivity contribution in [3.63, 3.8) is 0 Å². The fraction of sp³-hybridized carbons (Fsp3) is 0.611. The van der Waals surface area contributed by atoms with Crippen LogP contribution in [0.25, 0.3) is 0 Å². The number of amides is 1. The van der Waals surface area contributed by atoms with E-state index in [4.69, 9.17) is 0 Å². The quantitative estimate of drug-likeness (QED) is 0.913. The molecule has 128 valence electrons. The number of hydrogen-bond acceptors (Lipinski definition) is 3. The topological polar surface area (TPSA) is 35.6 Å². The van der Waals surface area contributed by atoms with E-state index >= 15 is 0 Å².